The third-order valence-electron chi connectivity index (χ3n) is 3.36. The van der Waals surface area contributed by atoms with Crippen molar-refractivity contribution in [1.29, 1.82) is 0 Å². The summed E-state index contributed by atoms with van der Waals surface area (Å²) in [6, 6.07) is 4.01. The van der Waals surface area contributed by atoms with Crippen LogP contribution in [0.4, 0.5) is 8.78 Å². The zero-order valence-corrected chi connectivity index (χ0v) is 12.0. The molecule has 0 radical (unpaired) electrons. The van der Waals surface area contributed by atoms with E-state index in [1.807, 2.05) is 13.8 Å². The van der Waals surface area contributed by atoms with Crippen LogP contribution in [0.25, 0.3) is 0 Å². The lowest BCUT2D eigenvalue weighted by Crippen LogP contribution is -2.27. The van der Waals surface area contributed by atoms with Gasteiger partial charge in [-0.15, -0.1) is 0 Å². The molecule has 1 unspecified atom stereocenters. The minimum atomic E-state index is -0.539. The van der Waals surface area contributed by atoms with Gasteiger partial charge in [-0.05, 0) is 38.1 Å². The van der Waals surface area contributed by atoms with Gasteiger partial charge in [0.1, 0.15) is 11.6 Å². The number of nitrogens with one attached hydrogen (secondary N) is 1. The highest BCUT2D eigenvalue weighted by Gasteiger charge is 2.24. The van der Waals surface area contributed by atoms with Crippen molar-refractivity contribution in [3.8, 4) is 0 Å². The Kier molecular flexibility index (Phi) is 4.49. The van der Waals surface area contributed by atoms with E-state index in [4.69, 9.17) is 0 Å². The molecular formula is C15H19F2N3. The fraction of sp³-hybridized carbons (Fsp3) is 0.400. The Balaban J connectivity index is 2.57. The molecule has 2 rings (SSSR count). The smallest absolute Gasteiger partial charge is 0.134 e. The minimum Gasteiger partial charge on any atom is -0.305 e. The van der Waals surface area contributed by atoms with Crippen molar-refractivity contribution < 1.29 is 8.78 Å². The van der Waals surface area contributed by atoms with Gasteiger partial charge >= 0.3 is 0 Å². The summed E-state index contributed by atoms with van der Waals surface area (Å²) in [7, 11) is 0. The van der Waals surface area contributed by atoms with Crippen LogP contribution in [0, 0.1) is 18.6 Å². The summed E-state index contributed by atoms with van der Waals surface area (Å²) in [5.74, 6) is -1.04. The molecule has 0 aliphatic heterocycles. The number of nitrogens with zero attached hydrogens (tertiary/aromatic N) is 2. The van der Waals surface area contributed by atoms with Crippen LogP contribution in [0.5, 0.6) is 0 Å². The first-order valence-corrected chi connectivity index (χ1v) is 6.79. The van der Waals surface area contributed by atoms with Crippen LogP contribution < -0.4 is 5.32 Å². The molecule has 1 N–H and O–H groups in total. The molecule has 1 heterocycles. The second-order valence-corrected chi connectivity index (χ2v) is 4.65. The molecule has 0 saturated carbocycles. The number of hydrogen-bond acceptors (Lipinski definition) is 2. The SMILES string of the molecule is CCNC(c1c(F)ccc(C)c1F)c1ccnn1CC. The number of aryl methyl sites for hydroxylation is 2. The van der Waals surface area contributed by atoms with E-state index in [-0.39, 0.29) is 5.56 Å². The fourth-order valence-electron chi connectivity index (χ4n) is 2.35. The molecule has 0 bridgehead atoms. The van der Waals surface area contributed by atoms with Crippen molar-refractivity contribution in [2.75, 3.05) is 6.54 Å². The zero-order chi connectivity index (χ0) is 14.7. The van der Waals surface area contributed by atoms with Crippen molar-refractivity contribution in [2.24, 2.45) is 0 Å². The van der Waals surface area contributed by atoms with Gasteiger partial charge in [0.25, 0.3) is 0 Å². The third kappa shape index (κ3) is 2.58. The van der Waals surface area contributed by atoms with Crippen molar-refractivity contribution in [1.82, 2.24) is 15.1 Å². The summed E-state index contributed by atoms with van der Waals surface area (Å²) >= 11 is 0. The van der Waals surface area contributed by atoms with Gasteiger partial charge in [-0.1, -0.05) is 13.0 Å². The highest BCUT2D eigenvalue weighted by atomic mass is 19.1. The maximum absolute atomic E-state index is 14.4. The van der Waals surface area contributed by atoms with Gasteiger partial charge in [-0.2, -0.15) is 5.10 Å². The van der Waals surface area contributed by atoms with E-state index >= 15 is 0 Å². The maximum Gasteiger partial charge on any atom is 0.134 e. The van der Waals surface area contributed by atoms with Crippen LogP contribution in [0.15, 0.2) is 24.4 Å². The molecule has 3 nitrogen and oxygen atoms in total. The van der Waals surface area contributed by atoms with Gasteiger partial charge in [0, 0.05) is 18.3 Å². The van der Waals surface area contributed by atoms with Crippen molar-refractivity contribution in [3.63, 3.8) is 0 Å². The van der Waals surface area contributed by atoms with Crippen molar-refractivity contribution in [2.45, 2.75) is 33.4 Å². The standard InChI is InChI=1S/C15H19F2N3/c1-4-18-15(12-8-9-19-20(12)5-2)13-11(16)7-6-10(3)14(13)17/h6-9,15,18H,4-5H2,1-3H3. The Morgan fingerprint density at radius 3 is 2.65 bits per heavy atom. The normalized spacial score (nSPS) is 12.7. The highest BCUT2D eigenvalue weighted by molar-refractivity contribution is 5.34. The number of halogens is 2. The van der Waals surface area contributed by atoms with Gasteiger partial charge in [-0.3, -0.25) is 4.68 Å². The van der Waals surface area contributed by atoms with Gasteiger partial charge in [0.2, 0.25) is 0 Å². The fourth-order valence-corrected chi connectivity index (χ4v) is 2.35. The molecule has 20 heavy (non-hydrogen) atoms. The average Bonchev–Trinajstić information content (AvgIpc) is 2.90. The Bertz CT molecular complexity index is 593. The van der Waals surface area contributed by atoms with Gasteiger partial charge in [-0.25, -0.2) is 8.78 Å². The molecule has 108 valence electrons. The summed E-state index contributed by atoms with van der Waals surface area (Å²) in [5.41, 5.74) is 1.26. The van der Waals surface area contributed by atoms with Crippen LogP contribution in [0.2, 0.25) is 0 Å². The van der Waals surface area contributed by atoms with Crippen LogP contribution in [-0.2, 0) is 6.54 Å². The molecule has 1 aromatic heterocycles. The summed E-state index contributed by atoms with van der Waals surface area (Å²) < 4.78 is 30.2. The average molecular weight is 279 g/mol. The van der Waals surface area contributed by atoms with Crippen LogP contribution in [0.1, 0.15) is 36.7 Å². The predicted octanol–water partition coefficient (Wildman–Crippen LogP) is 3.19. The molecule has 1 atom stereocenters. The molecule has 0 fully saturated rings. The quantitative estimate of drug-likeness (QED) is 0.911. The Morgan fingerprint density at radius 1 is 1.25 bits per heavy atom. The second-order valence-electron chi connectivity index (χ2n) is 4.65. The van der Waals surface area contributed by atoms with Crippen LogP contribution in [-0.4, -0.2) is 16.3 Å². The lowest BCUT2D eigenvalue weighted by Gasteiger charge is -2.21. The van der Waals surface area contributed by atoms with Crippen molar-refractivity contribution in [3.05, 3.63) is 52.9 Å². The Hall–Kier alpha value is -1.75. The second kappa shape index (κ2) is 6.13. The van der Waals surface area contributed by atoms with E-state index in [1.165, 1.54) is 12.1 Å². The van der Waals surface area contributed by atoms with Crippen LogP contribution in [0.3, 0.4) is 0 Å². The summed E-state index contributed by atoms with van der Waals surface area (Å²) in [5, 5.41) is 7.32. The summed E-state index contributed by atoms with van der Waals surface area (Å²) in [6.07, 6.45) is 1.65. The molecule has 0 saturated heterocycles. The van der Waals surface area contributed by atoms with Gasteiger partial charge in [0.05, 0.1) is 11.7 Å². The predicted molar refractivity (Wildman–Crippen MR) is 74.5 cm³/mol. The Morgan fingerprint density at radius 2 is 2.00 bits per heavy atom. The number of hydrogen-bond donors (Lipinski definition) is 1. The topological polar surface area (TPSA) is 29.9 Å². The molecule has 0 spiro atoms. The zero-order valence-electron chi connectivity index (χ0n) is 12.0. The highest BCUT2D eigenvalue weighted by Crippen LogP contribution is 2.28. The van der Waals surface area contributed by atoms with Gasteiger partial charge in [0.15, 0.2) is 0 Å². The van der Waals surface area contributed by atoms with E-state index in [0.717, 1.165) is 5.69 Å². The van der Waals surface area contributed by atoms with E-state index in [0.29, 0.717) is 18.7 Å². The molecule has 0 aliphatic rings. The van der Waals surface area contributed by atoms with Crippen molar-refractivity contribution >= 4 is 0 Å². The number of rotatable bonds is 5. The first-order valence-electron chi connectivity index (χ1n) is 6.79. The summed E-state index contributed by atoms with van der Waals surface area (Å²) in [4.78, 5) is 0. The van der Waals surface area contributed by atoms with E-state index in [2.05, 4.69) is 10.4 Å². The molecule has 0 amide bonds. The molecule has 2 aromatic rings. The molecule has 5 heteroatoms. The molecular weight excluding hydrogens is 260 g/mol. The first-order chi connectivity index (χ1) is 9.60. The maximum atomic E-state index is 14.4. The van der Waals surface area contributed by atoms with Crippen LogP contribution >= 0.6 is 0 Å². The molecule has 1 aromatic carbocycles. The number of aromatic nitrogens is 2. The van der Waals surface area contributed by atoms with E-state index in [9.17, 15) is 8.78 Å². The van der Waals surface area contributed by atoms with E-state index < -0.39 is 17.7 Å². The largest absolute Gasteiger partial charge is 0.305 e. The number of benzene rings is 1. The third-order valence-corrected chi connectivity index (χ3v) is 3.36. The minimum absolute atomic E-state index is 0.0575. The summed E-state index contributed by atoms with van der Waals surface area (Å²) in [6.45, 7) is 6.75. The monoisotopic (exact) mass is 279 g/mol. The lowest BCUT2D eigenvalue weighted by molar-refractivity contribution is 0.481. The van der Waals surface area contributed by atoms with Gasteiger partial charge < -0.3 is 5.32 Å². The Labute approximate surface area is 117 Å². The molecule has 0 aliphatic carbocycles. The van der Waals surface area contributed by atoms with E-state index in [1.54, 1.807) is 23.9 Å². The first kappa shape index (κ1) is 14.7. The lowest BCUT2D eigenvalue weighted by atomic mass is 9.99.